The van der Waals surface area contributed by atoms with E-state index in [9.17, 15) is 4.79 Å². The number of ether oxygens (including phenoxy) is 1. The Bertz CT molecular complexity index is 418. The minimum atomic E-state index is -0.352. The molecule has 0 aliphatic rings. The number of amides is 2. The average Bonchev–Trinajstić information content (AvgIpc) is 2.80. The van der Waals surface area contributed by atoms with Gasteiger partial charge < -0.3 is 15.4 Å². The Morgan fingerprint density at radius 3 is 2.74 bits per heavy atom. The van der Waals surface area contributed by atoms with Crippen molar-refractivity contribution >= 4 is 17.4 Å². The molecule has 0 aliphatic carbocycles. The first kappa shape index (κ1) is 15.9. The topological polar surface area (TPSA) is 63.2 Å². The molecule has 5 nitrogen and oxygen atoms in total. The van der Waals surface area contributed by atoms with Crippen molar-refractivity contribution in [3.05, 3.63) is 16.1 Å². The maximum Gasteiger partial charge on any atom is 0.314 e. The molecule has 108 valence electrons. The molecule has 2 amide bonds. The van der Waals surface area contributed by atoms with Crippen LogP contribution in [-0.4, -0.2) is 36.8 Å². The molecule has 0 bridgehead atoms. The third-order valence-corrected chi connectivity index (χ3v) is 4.05. The highest BCUT2D eigenvalue weighted by Crippen LogP contribution is 2.18. The monoisotopic (exact) mass is 285 g/mol. The summed E-state index contributed by atoms with van der Waals surface area (Å²) < 4.78 is 5.23. The Morgan fingerprint density at radius 2 is 2.21 bits per heavy atom. The number of hydrogen-bond donors (Lipinski definition) is 2. The molecule has 0 saturated heterocycles. The maximum absolute atomic E-state index is 11.7. The smallest absolute Gasteiger partial charge is 0.314 e. The number of carbonyl (C=O) groups excluding carboxylic acids is 1. The van der Waals surface area contributed by atoms with Gasteiger partial charge in [0, 0.05) is 37.2 Å². The van der Waals surface area contributed by atoms with Gasteiger partial charge in [0.2, 0.25) is 0 Å². The number of thiazole rings is 1. The Labute approximate surface area is 118 Å². The van der Waals surface area contributed by atoms with Crippen LogP contribution < -0.4 is 10.6 Å². The molecule has 19 heavy (non-hydrogen) atoms. The highest BCUT2D eigenvalue weighted by Gasteiger charge is 2.17. The molecular formula is C13H23N3O2S. The first-order chi connectivity index (χ1) is 8.84. The van der Waals surface area contributed by atoms with Gasteiger partial charge in [0.25, 0.3) is 0 Å². The molecule has 1 aromatic heterocycles. The standard InChI is InChI=1S/C13H23N3O2S/c1-9(11-16-10(2)7-19-11)6-14-12(17)15-8-13(3,4)18-5/h7,9H,6,8H2,1-5H3,(H2,14,15,17)/t9-/m0/s1. The first-order valence-electron chi connectivity index (χ1n) is 6.33. The van der Waals surface area contributed by atoms with Gasteiger partial charge in [0.05, 0.1) is 10.6 Å². The van der Waals surface area contributed by atoms with Crippen LogP contribution in [0.3, 0.4) is 0 Å². The van der Waals surface area contributed by atoms with Crippen molar-refractivity contribution in [2.75, 3.05) is 20.2 Å². The van der Waals surface area contributed by atoms with Crippen molar-refractivity contribution in [2.45, 2.75) is 39.2 Å². The molecule has 6 heteroatoms. The molecule has 2 N–H and O–H groups in total. The van der Waals surface area contributed by atoms with Crippen LogP contribution in [0, 0.1) is 6.92 Å². The van der Waals surface area contributed by atoms with E-state index in [1.807, 2.05) is 26.2 Å². The van der Waals surface area contributed by atoms with Crippen molar-refractivity contribution in [3.8, 4) is 0 Å². The number of hydrogen-bond acceptors (Lipinski definition) is 4. The molecular weight excluding hydrogens is 262 g/mol. The fourth-order valence-electron chi connectivity index (χ4n) is 1.36. The number of urea groups is 1. The van der Waals surface area contributed by atoms with Gasteiger partial charge in [-0.25, -0.2) is 9.78 Å². The van der Waals surface area contributed by atoms with Crippen LogP contribution in [0.4, 0.5) is 4.79 Å². The number of aryl methyl sites for hydroxylation is 1. The lowest BCUT2D eigenvalue weighted by Gasteiger charge is -2.23. The van der Waals surface area contributed by atoms with Crippen LogP contribution in [-0.2, 0) is 4.74 Å². The van der Waals surface area contributed by atoms with Gasteiger partial charge in [-0.2, -0.15) is 0 Å². The predicted octanol–water partition coefficient (Wildman–Crippen LogP) is 2.28. The number of rotatable bonds is 6. The fourth-order valence-corrected chi connectivity index (χ4v) is 2.22. The summed E-state index contributed by atoms with van der Waals surface area (Å²) >= 11 is 1.63. The lowest BCUT2D eigenvalue weighted by Crippen LogP contribution is -2.45. The second-order valence-corrected chi connectivity index (χ2v) is 6.15. The van der Waals surface area contributed by atoms with E-state index >= 15 is 0 Å². The van der Waals surface area contributed by atoms with E-state index in [-0.39, 0.29) is 17.6 Å². The molecule has 1 aromatic rings. The fraction of sp³-hybridized carbons (Fsp3) is 0.692. The number of methoxy groups -OCH3 is 1. The summed E-state index contributed by atoms with van der Waals surface area (Å²) in [6, 6.07) is -0.176. The van der Waals surface area contributed by atoms with Crippen LogP contribution in [0.25, 0.3) is 0 Å². The zero-order valence-electron chi connectivity index (χ0n) is 12.2. The summed E-state index contributed by atoms with van der Waals surface area (Å²) in [6.45, 7) is 8.92. The molecule has 0 spiro atoms. The van der Waals surface area contributed by atoms with Gasteiger partial charge in [0.1, 0.15) is 0 Å². The summed E-state index contributed by atoms with van der Waals surface area (Å²) in [4.78, 5) is 16.1. The summed E-state index contributed by atoms with van der Waals surface area (Å²) in [5.41, 5.74) is 0.674. The van der Waals surface area contributed by atoms with E-state index in [1.54, 1.807) is 18.4 Å². The van der Waals surface area contributed by atoms with Crippen molar-refractivity contribution in [2.24, 2.45) is 0 Å². The van der Waals surface area contributed by atoms with Gasteiger partial charge in [-0.3, -0.25) is 0 Å². The van der Waals surface area contributed by atoms with Crippen LogP contribution in [0.2, 0.25) is 0 Å². The molecule has 1 heterocycles. The third kappa shape index (κ3) is 5.57. The minimum absolute atomic E-state index is 0.176. The summed E-state index contributed by atoms with van der Waals surface area (Å²) in [7, 11) is 1.63. The number of nitrogens with one attached hydrogen (secondary N) is 2. The van der Waals surface area contributed by atoms with E-state index < -0.39 is 0 Å². The SMILES string of the molecule is COC(C)(C)CNC(=O)NC[C@H](C)c1nc(C)cs1. The molecule has 0 aromatic carbocycles. The minimum Gasteiger partial charge on any atom is -0.377 e. The average molecular weight is 285 g/mol. The van der Waals surface area contributed by atoms with E-state index in [1.165, 1.54) is 0 Å². The van der Waals surface area contributed by atoms with Crippen molar-refractivity contribution in [1.29, 1.82) is 0 Å². The lowest BCUT2D eigenvalue weighted by atomic mass is 10.1. The highest BCUT2D eigenvalue weighted by molar-refractivity contribution is 7.09. The normalized spacial score (nSPS) is 13.1. The highest BCUT2D eigenvalue weighted by atomic mass is 32.1. The van der Waals surface area contributed by atoms with Gasteiger partial charge in [0.15, 0.2) is 0 Å². The lowest BCUT2D eigenvalue weighted by molar-refractivity contribution is 0.0254. The second-order valence-electron chi connectivity index (χ2n) is 5.26. The quantitative estimate of drug-likeness (QED) is 0.843. The molecule has 1 atom stereocenters. The van der Waals surface area contributed by atoms with Gasteiger partial charge >= 0.3 is 6.03 Å². The Kier molecular flexibility index (Phi) is 5.75. The number of carbonyl (C=O) groups is 1. The molecule has 1 rings (SSSR count). The first-order valence-corrected chi connectivity index (χ1v) is 7.21. The van der Waals surface area contributed by atoms with E-state index in [0.29, 0.717) is 13.1 Å². The van der Waals surface area contributed by atoms with Crippen LogP contribution in [0.1, 0.15) is 37.4 Å². The van der Waals surface area contributed by atoms with Gasteiger partial charge in [-0.15, -0.1) is 11.3 Å². The summed E-state index contributed by atoms with van der Waals surface area (Å²) in [5.74, 6) is 0.222. The van der Waals surface area contributed by atoms with Crippen molar-refractivity contribution in [1.82, 2.24) is 15.6 Å². The molecule has 0 fully saturated rings. The van der Waals surface area contributed by atoms with Crippen LogP contribution in [0.5, 0.6) is 0 Å². The maximum atomic E-state index is 11.7. The predicted molar refractivity (Wildman–Crippen MR) is 77.8 cm³/mol. The van der Waals surface area contributed by atoms with Gasteiger partial charge in [-0.1, -0.05) is 6.92 Å². The second kappa shape index (κ2) is 6.86. The molecule has 0 aliphatic heterocycles. The summed E-state index contributed by atoms with van der Waals surface area (Å²) in [6.07, 6.45) is 0. The van der Waals surface area contributed by atoms with E-state index in [2.05, 4.69) is 22.5 Å². The number of nitrogens with zero attached hydrogens (tertiary/aromatic N) is 1. The number of aromatic nitrogens is 1. The molecule has 0 unspecified atom stereocenters. The largest absolute Gasteiger partial charge is 0.377 e. The van der Waals surface area contributed by atoms with Gasteiger partial charge in [-0.05, 0) is 20.8 Å². The van der Waals surface area contributed by atoms with E-state index in [0.717, 1.165) is 10.7 Å². The molecule has 0 saturated carbocycles. The zero-order chi connectivity index (χ0) is 14.5. The van der Waals surface area contributed by atoms with Crippen LogP contribution >= 0.6 is 11.3 Å². The Morgan fingerprint density at radius 1 is 1.53 bits per heavy atom. The summed E-state index contributed by atoms with van der Waals surface area (Å²) in [5, 5.41) is 8.71. The van der Waals surface area contributed by atoms with Crippen LogP contribution in [0.15, 0.2) is 5.38 Å². The molecule has 0 radical (unpaired) electrons. The third-order valence-electron chi connectivity index (χ3n) is 2.85. The zero-order valence-corrected chi connectivity index (χ0v) is 13.1. The van der Waals surface area contributed by atoms with Crippen molar-refractivity contribution in [3.63, 3.8) is 0 Å². The Hall–Kier alpha value is -1.14. The Balaban J connectivity index is 2.30. The van der Waals surface area contributed by atoms with E-state index in [4.69, 9.17) is 4.74 Å². The van der Waals surface area contributed by atoms with Crippen molar-refractivity contribution < 1.29 is 9.53 Å².